The first kappa shape index (κ1) is 9.86. The number of carbonyl (C=O) groups is 1. The van der Waals surface area contributed by atoms with Crippen LogP contribution in [0.2, 0.25) is 5.02 Å². The zero-order chi connectivity index (χ0) is 9.84. The number of hydrogen-bond donors (Lipinski definition) is 0. The van der Waals surface area contributed by atoms with Crippen LogP contribution in [-0.4, -0.2) is 5.97 Å². The molecule has 0 amide bonds. The van der Waals surface area contributed by atoms with Crippen molar-refractivity contribution < 1.29 is 14.6 Å². The summed E-state index contributed by atoms with van der Waals surface area (Å²) in [7, 11) is 0. The normalized spacial score (nSPS) is 9.46. The molecule has 0 aliphatic carbocycles. The van der Waals surface area contributed by atoms with Gasteiger partial charge in [0.05, 0.1) is 0 Å². The lowest BCUT2D eigenvalue weighted by Crippen LogP contribution is -2.02. The van der Waals surface area contributed by atoms with Crippen LogP contribution >= 0.6 is 11.6 Å². The van der Waals surface area contributed by atoms with Gasteiger partial charge in [-0.3, -0.25) is 9.78 Å². The SMILES string of the molecule is CC(=O)OOc1ccc(C)c(Cl)c1. The summed E-state index contributed by atoms with van der Waals surface area (Å²) in [6.45, 7) is 3.13. The second kappa shape index (κ2) is 4.14. The Morgan fingerprint density at radius 2 is 2.15 bits per heavy atom. The van der Waals surface area contributed by atoms with Gasteiger partial charge < -0.3 is 0 Å². The van der Waals surface area contributed by atoms with E-state index in [1.54, 1.807) is 18.2 Å². The van der Waals surface area contributed by atoms with Crippen LogP contribution < -0.4 is 4.89 Å². The molecule has 0 aromatic heterocycles. The van der Waals surface area contributed by atoms with Crippen LogP contribution in [0.5, 0.6) is 5.75 Å². The Morgan fingerprint density at radius 1 is 1.46 bits per heavy atom. The van der Waals surface area contributed by atoms with Crippen molar-refractivity contribution in [2.24, 2.45) is 0 Å². The highest BCUT2D eigenvalue weighted by molar-refractivity contribution is 6.31. The molecule has 0 saturated carbocycles. The van der Waals surface area contributed by atoms with E-state index < -0.39 is 5.97 Å². The van der Waals surface area contributed by atoms with Crippen LogP contribution in [-0.2, 0) is 9.68 Å². The molecule has 0 aliphatic heterocycles. The van der Waals surface area contributed by atoms with Crippen LogP contribution in [0.1, 0.15) is 12.5 Å². The first-order valence-corrected chi connectivity index (χ1v) is 4.08. The summed E-state index contributed by atoms with van der Waals surface area (Å²) in [5.74, 6) is -0.0949. The smallest absolute Gasteiger partial charge is 0.287 e. The molecule has 0 atom stereocenters. The third-order valence-corrected chi connectivity index (χ3v) is 1.81. The van der Waals surface area contributed by atoms with E-state index in [9.17, 15) is 4.79 Å². The van der Waals surface area contributed by atoms with Crippen molar-refractivity contribution in [3.05, 3.63) is 28.8 Å². The van der Waals surface area contributed by atoms with Gasteiger partial charge in [0.25, 0.3) is 0 Å². The molecule has 1 aromatic rings. The van der Waals surface area contributed by atoms with E-state index in [2.05, 4.69) is 9.78 Å². The highest BCUT2D eigenvalue weighted by atomic mass is 35.5. The number of hydrogen-bond acceptors (Lipinski definition) is 3. The molecule has 0 aliphatic rings. The first-order chi connectivity index (χ1) is 6.09. The zero-order valence-corrected chi connectivity index (χ0v) is 8.09. The molecule has 13 heavy (non-hydrogen) atoms. The van der Waals surface area contributed by atoms with Gasteiger partial charge in [0, 0.05) is 18.0 Å². The molecule has 0 N–H and O–H groups in total. The molecular formula is C9H9ClO3. The average Bonchev–Trinajstić information content (AvgIpc) is 2.07. The lowest BCUT2D eigenvalue weighted by atomic mass is 10.2. The Morgan fingerprint density at radius 3 is 2.69 bits per heavy atom. The Kier molecular flexibility index (Phi) is 3.14. The van der Waals surface area contributed by atoms with Crippen molar-refractivity contribution in [2.45, 2.75) is 13.8 Å². The number of benzene rings is 1. The van der Waals surface area contributed by atoms with E-state index >= 15 is 0 Å². The number of aryl methyl sites for hydroxylation is 1. The summed E-state index contributed by atoms with van der Waals surface area (Å²) in [5, 5.41) is 0.574. The highest BCUT2D eigenvalue weighted by Gasteiger charge is 2.01. The highest BCUT2D eigenvalue weighted by Crippen LogP contribution is 2.21. The minimum Gasteiger partial charge on any atom is -0.287 e. The summed E-state index contributed by atoms with van der Waals surface area (Å²) in [6.07, 6.45) is 0. The van der Waals surface area contributed by atoms with E-state index in [0.717, 1.165) is 5.56 Å². The van der Waals surface area contributed by atoms with E-state index in [1.807, 2.05) is 6.92 Å². The maximum Gasteiger partial charge on any atom is 0.352 e. The van der Waals surface area contributed by atoms with E-state index in [4.69, 9.17) is 11.6 Å². The van der Waals surface area contributed by atoms with Crippen LogP contribution in [0.3, 0.4) is 0 Å². The minimum absolute atomic E-state index is 0.408. The molecule has 0 unspecified atom stereocenters. The monoisotopic (exact) mass is 200 g/mol. The fourth-order valence-electron chi connectivity index (χ4n) is 0.732. The topological polar surface area (TPSA) is 35.5 Å². The van der Waals surface area contributed by atoms with Gasteiger partial charge in [-0.2, -0.15) is 0 Å². The molecule has 1 rings (SSSR count). The maximum atomic E-state index is 10.4. The van der Waals surface area contributed by atoms with Gasteiger partial charge in [-0.15, -0.1) is 0 Å². The fraction of sp³-hybridized carbons (Fsp3) is 0.222. The standard InChI is InChI=1S/C9H9ClO3/c1-6-3-4-8(5-9(6)10)13-12-7(2)11/h3-5H,1-2H3. The number of carbonyl (C=O) groups excluding carboxylic acids is 1. The van der Waals surface area contributed by atoms with Crippen LogP contribution in [0, 0.1) is 6.92 Å². The summed E-state index contributed by atoms with van der Waals surface area (Å²) in [4.78, 5) is 19.4. The van der Waals surface area contributed by atoms with Crippen molar-refractivity contribution >= 4 is 17.6 Å². The molecule has 0 bridgehead atoms. The van der Waals surface area contributed by atoms with Crippen molar-refractivity contribution in [1.82, 2.24) is 0 Å². The van der Waals surface area contributed by atoms with Crippen molar-refractivity contribution in [1.29, 1.82) is 0 Å². The van der Waals surface area contributed by atoms with Crippen LogP contribution in [0.15, 0.2) is 18.2 Å². The summed E-state index contributed by atoms with van der Waals surface area (Å²) in [6, 6.07) is 5.03. The molecular weight excluding hydrogens is 192 g/mol. The van der Waals surface area contributed by atoms with Crippen molar-refractivity contribution in [2.75, 3.05) is 0 Å². The molecule has 70 valence electrons. The third-order valence-electron chi connectivity index (χ3n) is 1.40. The first-order valence-electron chi connectivity index (χ1n) is 3.71. The Hall–Kier alpha value is -1.22. The lowest BCUT2D eigenvalue weighted by molar-refractivity contribution is -0.210. The predicted molar refractivity (Wildman–Crippen MR) is 48.6 cm³/mol. The zero-order valence-electron chi connectivity index (χ0n) is 7.33. The fourth-order valence-corrected chi connectivity index (χ4v) is 0.903. The second-order valence-electron chi connectivity index (χ2n) is 2.57. The molecule has 0 fully saturated rings. The van der Waals surface area contributed by atoms with E-state index in [-0.39, 0.29) is 0 Å². The summed E-state index contributed by atoms with van der Waals surface area (Å²) in [5.41, 5.74) is 0.942. The van der Waals surface area contributed by atoms with Crippen LogP contribution in [0.25, 0.3) is 0 Å². The molecule has 0 spiro atoms. The van der Waals surface area contributed by atoms with E-state index in [0.29, 0.717) is 10.8 Å². The Balaban J connectivity index is 2.68. The van der Waals surface area contributed by atoms with Crippen molar-refractivity contribution in [3.8, 4) is 5.75 Å². The van der Waals surface area contributed by atoms with Gasteiger partial charge in [-0.1, -0.05) is 17.7 Å². The van der Waals surface area contributed by atoms with Gasteiger partial charge in [-0.05, 0) is 18.6 Å². The Bertz CT molecular complexity index is 323. The second-order valence-corrected chi connectivity index (χ2v) is 2.98. The molecule has 0 saturated heterocycles. The maximum absolute atomic E-state index is 10.4. The Labute approximate surface area is 81.1 Å². The van der Waals surface area contributed by atoms with Gasteiger partial charge in [0.2, 0.25) is 0 Å². The van der Waals surface area contributed by atoms with Crippen molar-refractivity contribution in [3.63, 3.8) is 0 Å². The number of rotatable bonds is 2. The van der Waals surface area contributed by atoms with Gasteiger partial charge in [0.15, 0.2) is 5.75 Å². The molecule has 3 nitrogen and oxygen atoms in total. The average molecular weight is 201 g/mol. The van der Waals surface area contributed by atoms with E-state index in [1.165, 1.54) is 6.92 Å². The minimum atomic E-state index is -0.503. The predicted octanol–water partition coefficient (Wildman–Crippen LogP) is 2.51. The van der Waals surface area contributed by atoms with Gasteiger partial charge in [0.1, 0.15) is 0 Å². The summed E-state index contributed by atoms with van der Waals surface area (Å²) < 4.78 is 0. The quantitative estimate of drug-likeness (QED) is 0.544. The third kappa shape index (κ3) is 2.95. The molecule has 0 heterocycles. The molecule has 0 radical (unpaired) electrons. The van der Waals surface area contributed by atoms with Gasteiger partial charge in [-0.25, -0.2) is 4.79 Å². The largest absolute Gasteiger partial charge is 0.352 e. The molecule has 4 heteroatoms. The summed E-state index contributed by atoms with van der Waals surface area (Å²) >= 11 is 5.81. The lowest BCUT2D eigenvalue weighted by Gasteiger charge is -2.03. The van der Waals surface area contributed by atoms with Gasteiger partial charge >= 0.3 is 5.97 Å². The molecule has 1 aromatic carbocycles. The van der Waals surface area contributed by atoms with Crippen LogP contribution in [0.4, 0.5) is 0 Å². The number of halogens is 1.